The van der Waals surface area contributed by atoms with Gasteiger partial charge in [0.25, 0.3) is 0 Å². The summed E-state index contributed by atoms with van der Waals surface area (Å²) in [4.78, 5) is 18.3. The SMILES string of the molecule is COC(=O)[C@@H]1C2C[C@H](Oc3ccc(OC)cc3)c3[nH]c4ccccc4c3CCN(C#N)C[C@@H]2CC[C@@H]1O. The summed E-state index contributed by atoms with van der Waals surface area (Å²) in [7, 11) is 2.99. The summed E-state index contributed by atoms with van der Waals surface area (Å²) in [6, 6.07) is 15.6. The highest BCUT2D eigenvalue weighted by Gasteiger charge is 2.46. The molecule has 5 atom stereocenters. The average Bonchev–Trinajstić information content (AvgIpc) is 3.30. The minimum atomic E-state index is -0.795. The van der Waals surface area contributed by atoms with E-state index in [0.717, 1.165) is 34.3 Å². The van der Waals surface area contributed by atoms with E-state index in [1.54, 1.807) is 12.0 Å². The number of hydrogen-bond acceptors (Lipinski definition) is 7. The second-order valence-electron chi connectivity index (χ2n) is 9.99. The zero-order valence-electron chi connectivity index (χ0n) is 21.2. The van der Waals surface area contributed by atoms with Gasteiger partial charge in [0.05, 0.1) is 31.9 Å². The number of nitriles is 1. The van der Waals surface area contributed by atoms with E-state index in [4.69, 9.17) is 14.2 Å². The van der Waals surface area contributed by atoms with Crippen molar-refractivity contribution in [1.82, 2.24) is 9.88 Å². The third-order valence-electron chi connectivity index (χ3n) is 8.01. The lowest BCUT2D eigenvalue weighted by Gasteiger charge is -2.42. The maximum Gasteiger partial charge on any atom is 0.311 e. The normalized spacial score (nSPS) is 25.9. The molecule has 1 saturated carbocycles. The van der Waals surface area contributed by atoms with Crippen LogP contribution >= 0.6 is 0 Å². The van der Waals surface area contributed by atoms with Crippen molar-refractivity contribution in [2.24, 2.45) is 17.8 Å². The second kappa shape index (κ2) is 10.7. The molecule has 2 heterocycles. The molecule has 0 spiro atoms. The Kier molecular flexibility index (Phi) is 7.24. The number of nitrogens with one attached hydrogen (secondary N) is 1. The van der Waals surface area contributed by atoms with E-state index in [1.807, 2.05) is 42.5 Å². The largest absolute Gasteiger partial charge is 0.497 e. The number of para-hydroxylation sites is 1. The molecule has 1 aliphatic heterocycles. The van der Waals surface area contributed by atoms with E-state index in [9.17, 15) is 15.2 Å². The van der Waals surface area contributed by atoms with E-state index < -0.39 is 24.1 Å². The predicted molar refractivity (Wildman–Crippen MR) is 138 cm³/mol. The number of aromatic nitrogens is 1. The fourth-order valence-electron chi connectivity index (χ4n) is 6.16. The third kappa shape index (κ3) is 4.96. The molecule has 2 N–H and O–H groups in total. The number of benzene rings is 2. The minimum absolute atomic E-state index is 0.0417. The number of esters is 1. The number of aromatic amines is 1. The van der Waals surface area contributed by atoms with Gasteiger partial charge in [-0.2, -0.15) is 5.26 Å². The number of carbonyl (C=O) groups excluding carboxylic acids is 1. The number of hydrogen-bond donors (Lipinski definition) is 2. The molecule has 8 nitrogen and oxygen atoms in total. The molecule has 1 aromatic heterocycles. The molecule has 0 saturated heterocycles. The Bertz CT molecular complexity index is 1280. The monoisotopic (exact) mass is 503 g/mol. The first-order valence-electron chi connectivity index (χ1n) is 12.8. The third-order valence-corrected chi connectivity index (χ3v) is 8.01. The number of aliphatic hydroxyl groups excluding tert-OH is 1. The Morgan fingerprint density at radius 1 is 1.11 bits per heavy atom. The maximum atomic E-state index is 12.9. The highest BCUT2D eigenvalue weighted by atomic mass is 16.5. The number of nitrogens with zero attached hydrogens (tertiary/aromatic N) is 2. The van der Waals surface area contributed by atoms with Crippen LogP contribution in [-0.4, -0.2) is 54.4 Å². The van der Waals surface area contributed by atoms with Crippen LogP contribution < -0.4 is 9.47 Å². The summed E-state index contributed by atoms with van der Waals surface area (Å²) in [5.41, 5.74) is 3.06. The Hall–Kier alpha value is -3.70. The van der Waals surface area contributed by atoms with Gasteiger partial charge in [-0.15, -0.1) is 0 Å². The summed E-state index contributed by atoms with van der Waals surface area (Å²) in [5.74, 6) is 0.144. The molecule has 194 valence electrons. The molecule has 5 rings (SSSR count). The Morgan fingerprint density at radius 3 is 2.59 bits per heavy atom. The van der Waals surface area contributed by atoms with Crippen LogP contribution in [0.1, 0.15) is 36.6 Å². The Labute approximate surface area is 216 Å². The molecule has 37 heavy (non-hydrogen) atoms. The minimum Gasteiger partial charge on any atom is -0.497 e. The summed E-state index contributed by atoms with van der Waals surface area (Å²) < 4.78 is 17.1. The summed E-state index contributed by atoms with van der Waals surface area (Å²) in [6.45, 7) is 1.10. The van der Waals surface area contributed by atoms with Gasteiger partial charge < -0.3 is 29.2 Å². The molecule has 1 unspecified atom stereocenters. The van der Waals surface area contributed by atoms with Crippen molar-refractivity contribution in [3.8, 4) is 17.7 Å². The summed E-state index contributed by atoms with van der Waals surface area (Å²) >= 11 is 0. The Morgan fingerprint density at radius 2 is 1.86 bits per heavy atom. The van der Waals surface area contributed by atoms with Gasteiger partial charge in [0.15, 0.2) is 6.19 Å². The lowest BCUT2D eigenvalue weighted by Crippen LogP contribution is -2.47. The first-order valence-corrected chi connectivity index (χ1v) is 12.8. The van der Waals surface area contributed by atoms with Gasteiger partial charge in [0.2, 0.25) is 0 Å². The van der Waals surface area contributed by atoms with Crippen molar-refractivity contribution in [2.45, 2.75) is 37.9 Å². The molecular weight excluding hydrogens is 470 g/mol. The van der Waals surface area contributed by atoms with Crippen molar-refractivity contribution < 1.29 is 24.1 Å². The molecular formula is C29H33N3O5. The van der Waals surface area contributed by atoms with Crippen LogP contribution in [-0.2, 0) is 16.0 Å². The van der Waals surface area contributed by atoms with Crippen LogP contribution in [0.4, 0.5) is 0 Å². The fourth-order valence-corrected chi connectivity index (χ4v) is 6.16. The first kappa shape index (κ1) is 25.0. The predicted octanol–water partition coefficient (Wildman–Crippen LogP) is 4.20. The van der Waals surface area contributed by atoms with Crippen molar-refractivity contribution >= 4 is 16.9 Å². The van der Waals surface area contributed by atoms with Crippen LogP contribution in [0, 0.1) is 29.2 Å². The highest BCUT2D eigenvalue weighted by Crippen LogP contribution is 2.44. The second-order valence-corrected chi connectivity index (χ2v) is 9.99. The molecule has 1 aliphatic carbocycles. The van der Waals surface area contributed by atoms with Gasteiger partial charge in [-0.25, -0.2) is 0 Å². The topological polar surface area (TPSA) is 108 Å². The van der Waals surface area contributed by atoms with Gasteiger partial charge in [0, 0.05) is 24.0 Å². The lowest BCUT2D eigenvalue weighted by atomic mass is 9.67. The van der Waals surface area contributed by atoms with Crippen LogP contribution in [0.2, 0.25) is 0 Å². The maximum absolute atomic E-state index is 12.9. The number of H-pyrrole nitrogens is 1. The standard InChI is InChI=1S/C29H33N3O5/c1-35-19-8-10-20(11-9-19)37-26-15-23-18(7-12-25(33)27(23)29(34)36-2)16-32(17-30)14-13-22-21-5-3-4-6-24(21)31-28(22)26/h3-6,8-11,18,23,25-27,31,33H,7,12-16H2,1-2H3/t18-,23?,25-,26-,27+/m0/s1. The summed E-state index contributed by atoms with van der Waals surface area (Å²) in [5, 5.41) is 21.9. The molecule has 0 bridgehead atoms. The smallest absolute Gasteiger partial charge is 0.311 e. The van der Waals surface area contributed by atoms with Crippen LogP contribution in [0.25, 0.3) is 10.9 Å². The number of fused-ring (bicyclic) bond motifs is 4. The van der Waals surface area contributed by atoms with Crippen molar-refractivity contribution in [3.05, 3.63) is 59.8 Å². The Balaban J connectivity index is 1.62. The summed E-state index contributed by atoms with van der Waals surface area (Å²) in [6.07, 6.45) is 3.58. The van der Waals surface area contributed by atoms with Gasteiger partial charge in [-0.3, -0.25) is 4.79 Å². The molecule has 8 heteroatoms. The number of methoxy groups -OCH3 is 2. The molecule has 2 aromatic carbocycles. The van der Waals surface area contributed by atoms with Crippen molar-refractivity contribution in [3.63, 3.8) is 0 Å². The zero-order chi connectivity index (χ0) is 25.9. The molecule has 2 aliphatic rings. The highest BCUT2D eigenvalue weighted by molar-refractivity contribution is 5.85. The van der Waals surface area contributed by atoms with Gasteiger partial charge in [-0.05, 0) is 73.4 Å². The van der Waals surface area contributed by atoms with Crippen molar-refractivity contribution in [2.75, 3.05) is 27.3 Å². The quantitative estimate of drug-likeness (QED) is 0.406. The van der Waals surface area contributed by atoms with Gasteiger partial charge in [-0.1, -0.05) is 18.2 Å². The van der Waals surface area contributed by atoms with E-state index in [1.165, 1.54) is 7.11 Å². The lowest BCUT2D eigenvalue weighted by molar-refractivity contribution is -0.157. The number of carbonyl (C=O) groups is 1. The number of ether oxygens (including phenoxy) is 3. The first-order chi connectivity index (χ1) is 18.0. The van der Waals surface area contributed by atoms with Crippen LogP contribution in [0.5, 0.6) is 11.5 Å². The van der Waals surface area contributed by atoms with Crippen molar-refractivity contribution in [1.29, 1.82) is 5.26 Å². The fraction of sp³-hybridized carbons (Fsp3) is 0.448. The van der Waals surface area contributed by atoms with E-state index in [0.29, 0.717) is 38.1 Å². The number of aliphatic hydroxyl groups is 1. The molecule has 1 fully saturated rings. The molecule has 0 amide bonds. The van der Waals surface area contributed by atoms with Crippen LogP contribution in [0.3, 0.4) is 0 Å². The molecule has 0 radical (unpaired) electrons. The van der Waals surface area contributed by atoms with Crippen LogP contribution in [0.15, 0.2) is 48.5 Å². The van der Waals surface area contributed by atoms with E-state index in [2.05, 4.69) is 17.2 Å². The van der Waals surface area contributed by atoms with Gasteiger partial charge in [0.1, 0.15) is 17.6 Å². The number of rotatable bonds is 4. The molecule has 3 aromatic rings. The van der Waals surface area contributed by atoms with E-state index >= 15 is 0 Å². The van der Waals surface area contributed by atoms with E-state index in [-0.39, 0.29) is 11.8 Å². The van der Waals surface area contributed by atoms with Gasteiger partial charge >= 0.3 is 5.97 Å². The average molecular weight is 504 g/mol. The zero-order valence-corrected chi connectivity index (χ0v) is 21.2.